The van der Waals surface area contributed by atoms with Crippen molar-refractivity contribution in [1.82, 2.24) is 9.88 Å². The zero-order chi connectivity index (χ0) is 20.9. The van der Waals surface area contributed by atoms with Gasteiger partial charge in [0.25, 0.3) is 0 Å². The lowest BCUT2D eigenvalue weighted by Gasteiger charge is -2.24. The van der Waals surface area contributed by atoms with Crippen LogP contribution in [-0.4, -0.2) is 54.3 Å². The van der Waals surface area contributed by atoms with Gasteiger partial charge in [0.2, 0.25) is 5.91 Å². The van der Waals surface area contributed by atoms with Crippen LogP contribution in [0.4, 0.5) is 4.39 Å². The molecule has 0 spiro atoms. The van der Waals surface area contributed by atoms with E-state index in [-0.39, 0.29) is 18.3 Å². The number of carbonyl (C=O) groups excluding carboxylic acids is 1. The summed E-state index contributed by atoms with van der Waals surface area (Å²) >= 11 is 1.50. The highest BCUT2D eigenvalue weighted by molar-refractivity contribution is 7.11. The number of thiazole rings is 1. The highest BCUT2D eigenvalue weighted by atomic mass is 32.1. The van der Waals surface area contributed by atoms with E-state index in [1.807, 2.05) is 6.92 Å². The maximum Gasteiger partial charge on any atom is 0.248 e. The average Bonchev–Trinajstić information content (AvgIpc) is 2.95. The van der Waals surface area contributed by atoms with Gasteiger partial charge in [0.05, 0.1) is 12.3 Å². The molecule has 2 aromatic rings. The summed E-state index contributed by atoms with van der Waals surface area (Å²) in [5, 5.41) is 11.9. The van der Waals surface area contributed by atoms with Crippen molar-refractivity contribution in [1.29, 1.82) is 0 Å². The molecule has 6 nitrogen and oxygen atoms in total. The second-order valence-electron chi connectivity index (χ2n) is 7.28. The van der Waals surface area contributed by atoms with Crippen molar-refractivity contribution in [3.63, 3.8) is 0 Å². The second-order valence-corrected chi connectivity index (χ2v) is 8.36. The minimum Gasteiger partial charge on any atom is -0.493 e. The van der Waals surface area contributed by atoms with Gasteiger partial charge in [-0.15, -0.1) is 11.3 Å². The molecule has 1 aliphatic rings. The fourth-order valence-electron chi connectivity index (χ4n) is 3.45. The summed E-state index contributed by atoms with van der Waals surface area (Å²) in [5.41, 5.74) is -0.133. The first-order chi connectivity index (χ1) is 13.9. The van der Waals surface area contributed by atoms with E-state index in [0.717, 1.165) is 10.6 Å². The molecule has 1 atom stereocenters. The third-order valence-corrected chi connectivity index (χ3v) is 6.55. The number of hydrogen-bond donors (Lipinski definition) is 1. The Kier molecular flexibility index (Phi) is 7.21. The largest absolute Gasteiger partial charge is 0.493 e. The molecule has 2 heterocycles. The number of aryl methyl sites for hydroxylation is 1. The van der Waals surface area contributed by atoms with E-state index >= 15 is 0 Å². The predicted octanol–water partition coefficient (Wildman–Crippen LogP) is 3.06. The second kappa shape index (κ2) is 9.65. The SMILES string of the molecule is COCC(=O)N1CCC[C@](O)(c2nc(C)c(CCOc3ccc(F)cc3)s2)CC1. The summed E-state index contributed by atoms with van der Waals surface area (Å²) in [6.45, 7) is 3.55. The first-order valence-corrected chi connectivity index (χ1v) is 10.6. The van der Waals surface area contributed by atoms with E-state index in [4.69, 9.17) is 9.47 Å². The number of likely N-dealkylation sites (tertiary alicyclic amines) is 1. The lowest BCUT2D eigenvalue weighted by Crippen LogP contribution is -2.35. The molecular weight excluding hydrogens is 395 g/mol. The van der Waals surface area contributed by atoms with Crippen LogP contribution in [0.15, 0.2) is 24.3 Å². The number of methoxy groups -OCH3 is 1. The Labute approximate surface area is 174 Å². The number of aliphatic hydroxyl groups is 1. The molecule has 1 amide bonds. The van der Waals surface area contributed by atoms with Gasteiger partial charge in [-0.25, -0.2) is 9.37 Å². The Morgan fingerprint density at radius 1 is 1.31 bits per heavy atom. The van der Waals surface area contributed by atoms with Crippen molar-refractivity contribution in [2.45, 2.75) is 38.2 Å². The summed E-state index contributed by atoms with van der Waals surface area (Å²) in [7, 11) is 1.51. The summed E-state index contributed by atoms with van der Waals surface area (Å²) < 4.78 is 23.6. The number of carbonyl (C=O) groups is 1. The highest BCUT2D eigenvalue weighted by Crippen LogP contribution is 2.36. The van der Waals surface area contributed by atoms with Crippen LogP contribution in [0.5, 0.6) is 5.75 Å². The minimum atomic E-state index is -1.02. The quantitative estimate of drug-likeness (QED) is 0.743. The molecule has 1 N–H and O–H groups in total. The molecule has 0 saturated carbocycles. The summed E-state index contributed by atoms with van der Waals surface area (Å²) in [4.78, 5) is 19.5. The third kappa shape index (κ3) is 5.52. The first-order valence-electron chi connectivity index (χ1n) is 9.75. The van der Waals surface area contributed by atoms with Gasteiger partial charge in [-0.2, -0.15) is 0 Å². The van der Waals surface area contributed by atoms with Gasteiger partial charge < -0.3 is 19.5 Å². The van der Waals surface area contributed by atoms with Gasteiger partial charge in [0.1, 0.15) is 28.8 Å². The van der Waals surface area contributed by atoms with Gasteiger partial charge >= 0.3 is 0 Å². The molecule has 0 unspecified atom stereocenters. The molecule has 1 aromatic carbocycles. The summed E-state index contributed by atoms with van der Waals surface area (Å²) in [6, 6.07) is 5.94. The number of ether oxygens (including phenoxy) is 2. The molecule has 1 aromatic heterocycles. The van der Waals surface area contributed by atoms with Crippen LogP contribution in [0.3, 0.4) is 0 Å². The van der Waals surface area contributed by atoms with E-state index in [0.29, 0.717) is 56.1 Å². The normalized spacial score (nSPS) is 19.8. The monoisotopic (exact) mass is 422 g/mol. The standard InChI is InChI=1S/C21H27FN2O4S/c1-15-18(8-13-28-17-6-4-16(22)5-7-17)29-20(23-15)21(26)9-3-11-24(12-10-21)19(25)14-27-2/h4-7,26H,3,8-14H2,1-2H3/t21-/m1/s1. The number of nitrogens with zero attached hydrogens (tertiary/aromatic N) is 2. The van der Waals surface area contributed by atoms with Crippen LogP contribution < -0.4 is 4.74 Å². The fourth-order valence-corrected chi connectivity index (χ4v) is 4.64. The van der Waals surface area contributed by atoms with Crippen molar-refractivity contribution in [3.05, 3.63) is 45.7 Å². The Morgan fingerprint density at radius 2 is 2.07 bits per heavy atom. The molecule has 1 saturated heterocycles. The zero-order valence-corrected chi connectivity index (χ0v) is 17.6. The van der Waals surface area contributed by atoms with Crippen molar-refractivity contribution < 1.29 is 23.8 Å². The Hall–Kier alpha value is -2.03. The van der Waals surface area contributed by atoms with E-state index in [1.54, 1.807) is 17.0 Å². The van der Waals surface area contributed by atoms with Crippen LogP contribution in [0.2, 0.25) is 0 Å². The molecule has 8 heteroatoms. The number of halogens is 1. The van der Waals surface area contributed by atoms with Gasteiger partial charge in [0.15, 0.2) is 0 Å². The van der Waals surface area contributed by atoms with E-state index < -0.39 is 5.60 Å². The number of rotatable bonds is 7. The molecule has 1 fully saturated rings. The van der Waals surface area contributed by atoms with Crippen molar-refractivity contribution in [3.8, 4) is 5.75 Å². The predicted molar refractivity (Wildman–Crippen MR) is 109 cm³/mol. The van der Waals surface area contributed by atoms with E-state index in [2.05, 4.69) is 4.98 Å². The molecule has 0 radical (unpaired) electrons. The zero-order valence-electron chi connectivity index (χ0n) is 16.8. The maximum absolute atomic E-state index is 13.0. The van der Waals surface area contributed by atoms with Gasteiger partial charge in [-0.05, 0) is 44.0 Å². The lowest BCUT2D eigenvalue weighted by molar-refractivity contribution is -0.135. The molecule has 158 valence electrons. The molecule has 29 heavy (non-hydrogen) atoms. The smallest absolute Gasteiger partial charge is 0.248 e. The average molecular weight is 423 g/mol. The highest BCUT2D eigenvalue weighted by Gasteiger charge is 2.36. The third-order valence-electron chi connectivity index (χ3n) is 5.14. The van der Waals surface area contributed by atoms with Crippen LogP contribution in [0.25, 0.3) is 0 Å². The van der Waals surface area contributed by atoms with E-state index in [9.17, 15) is 14.3 Å². The van der Waals surface area contributed by atoms with Crippen molar-refractivity contribution >= 4 is 17.2 Å². The van der Waals surface area contributed by atoms with Gasteiger partial charge in [0, 0.05) is 37.9 Å². The van der Waals surface area contributed by atoms with Gasteiger partial charge in [-0.3, -0.25) is 4.79 Å². The number of benzene rings is 1. The van der Waals surface area contributed by atoms with Crippen LogP contribution in [-0.2, 0) is 21.6 Å². The fraction of sp³-hybridized carbons (Fsp3) is 0.524. The number of amides is 1. The lowest BCUT2D eigenvalue weighted by atomic mass is 9.96. The van der Waals surface area contributed by atoms with Gasteiger partial charge in [-0.1, -0.05) is 0 Å². The summed E-state index contributed by atoms with van der Waals surface area (Å²) in [5.74, 6) is 0.280. The molecule has 3 rings (SSSR count). The molecule has 0 aliphatic carbocycles. The molecule has 0 bridgehead atoms. The first kappa shape index (κ1) is 21.7. The minimum absolute atomic E-state index is 0.0503. The van der Waals surface area contributed by atoms with Crippen LogP contribution >= 0.6 is 11.3 Å². The van der Waals surface area contributed by atoms with E-state index in [1.165, 1.54) is 30.6 Å². The van der Waals surface area contributed by atoms with Crippen LogP contribution in [0.1, 0.15) is 34.8 Å². The summed E-state index contributed by atoms with van der Waals surface area (Å²) in [6.07, 6.45) is 2.41. The van der Waals surface area contributed by atoms with Crippen LogP contribution in [0, 0.1) is 12.7 Å². The Morgan fingerprint density at radius 3 is 2.79 bits per heavy atom. The molecular formula is C21H27FN2O4S. The topological polar surface area (TPSA) is 71.9 Å². The number of hydrogen-bond acceptors (Lipinski definition) is 6. The van der Waals surface area contributed by atoms with Crippen molar-refractivity contribution in [2.24, 2.45) is 0 Å². The number of aromatic nitrogens is 1. The molecule has 1 aliphatic heterocycles. The van der Waals surface area contributed by atoms with Crippen molar-refractivity contribution in [2.75, 3.05) is 33.4 Å². The Balaban J connectivity index is 1.60. The maximum atomic E-state index is 13.0. The Bertz CT molecular complexity index is 827.